The van der Waals surface area contributed by atoms with Crippen LogP contribution < -0.4 is 0 Å². The molecule has 2 amide bonds. The van der Waals surface area contributed by atoms with Crippen molar-refractivity contribution in [2.75, 3.05) is 26.3 Å². The molecule has 8 heteroatoms. The first-order valence-electron chi connectivity index (χ1n) is 13.3. The second-order valence-electron chi connectivity index (χ2n) is 12.4. The molecule has 1 spiro atoms. The van der Waals surface area contributed by atoms with Gasteiger partial charge in [0.25, 0.3) is 0 Å². The third kappa shape index (κ3) is 4.87. The second-order valence-corrected chi connectivity index (χ2v) is 13.9. The Morgan fingerprint density at radius 1 is 1.11 bits per heavy atom. The van der Waals surface area contributed by atoms with Crippen molar-refractivity contribution < 1.29 is 24.2 Å². The van der Waals surface area contributed by atoms with Crippen molar-refractivity contribution in [2.45, 2.75) is 88.3 Å². The van der Waals surface area contributed by atoms with Crippen molar-refractivity contribution in [3.63, 3.8) is 0 Å². The smallest absolute Gasteiger partial charge is 0.311 e. The Labute approximate surface area is 219 Å². The average Bonchev–Trinajstić information content (AvgIpc) is 3.15. The van der Waals surface area contributed by atoms with Gasteiger partial charge in [-0.15, -0.1) is 11.8 Å². The second kappa shape index (κ2) is 10.2. The lowest BCUT2D eigenvalue weighted by Crippen LogP contribution is -2.58. The minimum absolute atomic E-state index is 0.0151. The maximum absolute atomic E-state index is 14.4. The van der Waals surface area contributed by atoms with Crippen LogP contribution in [0.15, 0.2) is 24.3 Å². The molecule has 4 rings (SSSR count). The van der Waals surface area contributed by atoms with E-state index in [2.05, 4.69) is 46.8 Å². The normalized spacial score (nSPS) is 34.1. The Morgan fingerprint density at radius 3 is 2.56 bits per heavy atom. The van der Waals surface area contributed by atoms with Crippen LogP contribution in [-0.4, -0.2) is 80.6 Å². The molecule has 200 valence electrons. The Hall–Kier alpha value is -1.80. The lowest BCUT2D eigenvalue weighted by atomic mass is 9.78. The molecule has 1 unspecified atom stereocenters. The number of likely N-dealkylation sites (tertiary alicyclic amines) is 1. The fourth-order valence-electron chi connectivity index (χ4n) is 6.84. The molecule has 5 atom stereocenters. The van der Waals surface area contributed by atoms with Crippen LogP contribution >= 0.6 is 11.8 Å². The van der Waals surface area contributed by atoms with Crippen LogP contribution in [0.25, 0.3) is 0 Å². The summed E-state index contributed by atoms with van der Waals surface area (Å²) in [4.78, 5) is 45.4. The van der Waals surface area contributed by atoms with Gasteiger partial charge in [0.2, 0.25) is 11.8 Å². The zero-order valence-electron chi connectivity index (χ0n) is 22.4. The number of hydrogen-bond acceptors (Lipinski definition) is 6. The number of esters is 1. The Bertz CT molecular complexity index is 939. The van der Waals surface area contributed by atoms with Gasteiger partial charge in [-0.3, -0.25) is 14.4 Å². The van der Waals surface area contributed by atoms with Crippen LogP contribution in [0.1, 0.15) is 66.7 Å². The standard InChI is InChI=1S/C28H42N2O5S/c1-26(2,3)18-27(4,5)30-15-10-13-28-21(23(32)29(14-11-16-31)22(28)24(30)33)20-19(36-28)12-8-6-7-9-17-35-25(20)34/h8,10,12-13,19-22,31H,6-7,9,11,14-18H2,1-5H3/b12-8-/t19-,20+,21-,22?,28-/m0/s1. The van der Waals surface area contributed by atoms with E-state index in [1.807, 2.05) is 17.1 Å². The summed E-state index contributed by atoms with van der Waals surface area (Å²) in [5.41, 5.74) is -0.407. The zero-order valence-corrected chi connectivity index (χ0v) is 23.2. The maximum Gasteiger partial charge on any atom is 0.311 e. The number of amides is 2. The van der Waals surface area contributed by atoms with E-state index in [0.717, 1.165) is 25.7 Å². The monoisotopic (exact) mass is 518 g/mol. The van der Waals surface area contributed by atoms with Crippen molar-refractivity contribution in [2.24, 2.45) is 17.3 Å². The Balaban J connectivity index is 1.79. The van der Waals surface area contributed by atoms with Crippen molar-refractivity contribution in [1.82, 2.24) is 9.80 Å². The molecular weight excluding hydrogens is 476 g/mol. The first-order valence-corrected chi connectivity index (χ1v) is 14.2. The number of hydrogen-bond donors (Lipinski definition) is 1. The van der Waals surface area contributed by atoms with Gasteiger partial charge in [0.05, 0.1) is 23.2 Å². The molecule has 4 heterocycles. The number of carbonyl (C=O) groups excluding carboxylic acids is 3. The summed E-state index contributed by atoms with van der Waals surface area (Å²) in [6.07, 6.45) is 12.1. The van der Waals surface area contributed by atoms with Gasteiger partial charge >= 0.3 is 5.97 Å². The zero-order chi connectivity index (χ0) is 26.3. The highest BCUT2D eigenvalue weighted by Gasteiger charge is 2.71. The van der Waals surface area contributed by atoms with E-state index >= 15 is 0 Å². The van der Waals surface area contributed by atoms with Crippen LogP contribution in [0.2, 0.25) is 0 Å². The van der Waals surface area contributed by atoms with Gasteiger partial charge in [-0.05, 0) is 51.4 Å². The first kappa shape index (κ1) is 27.2. The van der Waals surface area contributed by atoms with Gasteiger partial charge < -0.3 is 19.6 Å². The highest BCUT2D eigenvalue weighted by atomic mass is 32.2. The quantitative estimate of drug-likeness (QED) is 0.442. The summed E-state index contributed by atoms with van der Waals surface area (Å²) in [5.74, 6) is -1.89. The van der Waals surface area contributed by atoms with Crippen molar-refractivity contribution in [3.8, 4) is 0 Å². The predicted octanol–water partition coefficient (Wildman–Crippen LogP) is 3.56. The fraction of sp³-hybridized carbons (Fsp3) is 0.750. The Morgan fingerprint density at radius 2 is 1.86 bits per heavy atom. The molecule has 4 aliphatic rings. The summed E-state index contributed by atoms with van der Waals surface area (Å²) < 4.78 is 4.81. The summed E-state index contributed by atoms with van der Waals surface area (Å²) in [7, 11) is 0. The van der Waals surface area contributed by atoms with E-state index in [1.54, 1.807) is 16.7 Å². The fourth-order valence-corrected chi connectivity index (χ4v) is 8.84. The number of carbonyl (C=O) groups is 3. The summed E-state index contributed by atoms with van der Waals surface area (Å²) in [5, 5.41) is 9.34. The predicted molar refractivity (Wildman–Crippen MR) is 141 cm³/mol. The van der Waals surface area contributed by atoms with Crippen LogP contribution in [0.3, 0.4) is 0 Å². The SMILES string of the molecule is CC(C)(C)CC(C)(C)N1CC=C[C@]23S[C@H]4/C=C\CCCCOC(=O)[C@H]4[C@H]2C(=O)N(CCCO)C3C1=O. The highest BCUT2D eigenvalue weighted by Crippen LogP contribution is 2.61. The summed E-state index contributed by atoms with van der Waals surface area (Å²) in [6, 6.07) is -0.719. The van der Waals surface area contributed by atoms with E-state index in [1.165, 1.54) is 0 Å². The summed E-state index contributed by atoms with van der Waals surface area (Å²) in [6.45, 7) is 11.7. The number of cyclic esters (lactones) is 1. The molecule has 0 saturated carbocycles. The number of rotatable bonds is 5. The number of fused-ring (bicyclic) bond motifs is 2. The molecule has 2 fully saturated rings. The molecule has 0 aromatic rings. The molecule has 4 aliphatic heterocycles. The van der Waals surface area contributed by atoms with Gasteiger partial charge in [0, 0.05) is 30.5 Å². The van der Waals surface area contributed by atoms with Crippen molar-refractivity contribution >= 4 is 29.5 Å². The molecule has 0 aromatic carbocycles. The van der Waals surface area contributed by atoms with Gasteiger partial charge in [-0.2, -0.15) is 0 Å². The summed E-state index contributed by atoms with van der Waals surface area (Å²) >= 11 is 1.58. The van der Waals surface area contributed by atoms with Gasteiger partial charge in [-0.1, -0.05) is 45.1 Å². The number of thioether (sulfide) groups is 1. The molecule has 0 bridgehead atoms. The largest absolute Gasteiger partial charge is 0.465 e. The number of aliphatic hydroxyl groups is 1. The van der Waals surface area contributed by atoms with Crippen LogP contribution in [0.5, 0.6) is 0 Å². The van der Waals surface area contributed by atoms with Gasteiger partial charge in [0.15, 0.2) is 0 Å². The molecule has 7 nitrogen and oxygen atoms in total. The minimum Gasteiger partial charge on any atom is -0.465 e. The lowest BCUT2D eigenvalue weighted by Gasteiger charge is -2.44. The average molecular weight is 519 g/mol. The van der Waals surface area contributed by atoms with Gasteiger partial charge in [-0.25, -0.2) is 0 Å². The van der Waals surface area contributed by atoms with E-state index < -0.39 is 28.2 Å². The first-order chi connectivity index (χ1) is 16.9. The molecular formula is C28H42N2O5S. The molecule has 0 aromatic heterocycles. The molecule has 2 saturated heterocycles. The van der Waals surface area contributed by atoms with Crippen molar-refractivity contribution in [3.05, 3.63) is 24.3 Å². The maximum atomic E-state index is 14.4. The number of ether oxygens (including phenoxy) is 1. The Kier molecular flexibility index (Phi) is 7.69. The third-order valence-corrected chi connectivity index (χ3v) is 9.60. The molecule has 1 N–H and O–H groups in total. The van der Waals surface area contributed by atoms with E-state index in [4.69, 9.17) is 4.74 Å². The number of allylic oxidation sites excluding steroid dienone is 1. The van der Waals surface area contributed by atoms with Gasteiger partial charge in [0.1, 0.15) is 6.04 Å². The number of nitrogens with zero attached hydrogens (tertiary/aromatic N) is 2. The molecule has 0 aliphatic carbocycles. The van der Waals surface area contributed by atoms with E-state index in [-0.39, 0.29) is 41.6 Å². The molecule has 0 radical (unpaired) electrons. The van der Waals surface area contributed by atoms with E-state index in [0.29, 0.717) is 19.6 Å². The van der Waals surface area contributed by atoms with Crippen LogP contribution in [-0.2, 0) is 19.1 Å². The number of aliphatic hydroxyl groups excluding tert-OH is 1. The van der Waals surface area contributed by atoms with Crippen LogP contribution in [0, 0.1) is 17.3 Å². The molecule has 36 heavy (non-hydrogen) atoms. The minimum atomic E-state index is -0.844. The van der Waals surface area contributed by atoms with Crippen molar-refractivity contribution in [1.29, 1.82) is 0 Å². The highest BCUT2D eigenvalue weighted by molar-refractivity contribution is 8.02. The van der Waals surface area contributed by atoms with E-state index in [9.17, 15) is 19.5 Å². The topological polar surface area (TPSA) is 87.2 Å². The van der Waals surface area contributed by atoms with Crippen LogP contribution in [0.4, 0.5) is 0 Å². The third-order valence-electron chi connectivity index (χ3n) is 7.85. The lowest BCUT2D eigenvalue weighted by molar-refractivity contribution is -0.153.